The maximum absolute atomic E-state index is 13.1. The van der Waals surface area contributed by atoms with E-state index < -0.39 is 5.82 Å². The number of carbonyl (C=O) groups is 1. The summed E-state index contributed by atoms with van der Waals surface area (Å²) in [4.78, 5) is 14.0. The van der Waals surface area contributed by atoms with Crippen molar-refractivity contribution in [3.05, 3.63) is 59.4 Å². The molecule has 2 rings (SSSR count). The molecule has 0 unspecified atom stereocenters. The van der Waals surface area contributed by atoms with E-state index in [-0.39, 0.29) is 17.5 Å². The van der Waals surface area contributed by atoms with Gasteiger partial charge in [-0.05, 0) is 37.3 Å². The van der Waals surface area contributed by atoms with Crippen LogP contribution in [0.5, 0.6) is 0 Å². The van der Waals surface area contributed by atoms with E-state index in [1.807, 2.05) is 42.2 Å². The molecule has 0 aliphatic rings. The van der Waals surface area contributed by atoms with Crippen molar-refractivity contribution in [2.75, 3.05) is 23.3 Å². The third kappa shape index (κ3) is 4.20. The quantitative estimate of drug-likeness (QED) is 0.907. The average Bonchev–Trinajstić information content (AvgIpc) is 2.49. The highest BCUT2D eigenvalue weighted by atomic mass is 35.5. The summed E-state index contributed by atoms with van der Waals surface area (Å²) >= 11 is 5.69. The van der Waals surface area contributed by atoms with Crippen molar-refractivity contribution in [1.82, 2.24) is 0 Å². The number of nitrogens with one attached hydrogen (secondary N) is 1. The van der Waals surface area contributed by atoms with Crippen molar-refractivity contribution in [3.63, 3.8) is 0 Å². The van der Waals surface area contributed by atoms with Crippen molar-refractivity contribution in [1.29, 1.82) is 0 Å². The van der Waals surface area contributed by atoms with Gasteiger partial charge in [0.1, 0.15) is 5.82 Å². The van der Waals surface area contributed by atoms with Crippen molar-refractivity contribution >= 4 is 28.9 Å². The van der Waals surface area contributed by atoms with Gasteiger partial charge in [0.25, 0.3) is 0 Å². The molecule has 0 aromatic heterocycles. The van der Waals surface area contributed by atoms with Gasteiger partial charge in [-0.3, -0.25) is 4.79 Å². The molecule has 1 N–H and O–H groups in total. The highest BCUT2D eigenvalue weighted by molar-refractivity contribution is 6.31. The Labute approximate surface area is 128 Å². The average molecular weight is 307 g/mol. The maximum atomic E-state index is 13.1. The molecule has 5 heteroatoms. The number of benzene rings is 2. The summed E-state index contributed by atoms with van der Waals surface area (Å²) in [5, 5.41) is 2.70. The monoisotopic (exact) mass is 306 g/mol. The Bertz CT molecular complexity index is 619. The standard InChI is InChI=1S/C16H16ClFN2O/c1-2-20(13-6-4-3-5-7-13)11-16(21)19-12-8-9-15(18)14(17)10-12/h3-10H,2,11H2,1H3,(H,19,21). The number of hydrogen-bond acceptors (Lipinski definition) is 2. The van der Waals surface area contributed by atoms with E-state index in [9.17, 15) is 9.18 Å². The van der Waals surface area contributed by atoms with Crippen molar-refractivity contribution in [2.45, 2.75) is 6.92 Å². The molecule has 0 bridgehead atoms. The van der Waals surface area contributed by atoms with Crippen LogP contribution in [0.1, 0.15) is 6.92 Å². The van der Waals surface area contributed by atoms with Crippen LogP contribution in [0.3, 0.4) is 0 Å². The predicted molar refractivity (Wildman–Crippen MR) is 84.4 cm³/mol. The molecule has 21 heavy (non-hydrogen) atoms. The van der Waals surface area contributed by atoms with Gasteiger partial charge >= 0.3 is 0 Å². The van der Waals surface area contributed by atoms with Crippen molar-refractivity contribution in [2.24, 2.45) is 0 Å². The molecule has 0 heterocycles. The van der Waals surface area contributed by atoms with Crippen LogP contribution in [0.25, 0.3) is 0 Å². The largest absolute Gasteiger partial charge is 0.362 e. The van der Waals surface area contributed by atoms with Crippen LogP contribution in [0, 0.1) is 5.82 Å². The molecule has 0 fully saturated rings. The Hall–Kier alpha value is -2.07. The van der Waals surface area contributed by atoms with E-state index in [1.54, 1.807) is 0 Å². The normalized spacial score (nSPS) is 10.2. The lowest BCUT2D eigenvalue weighted by molar-refractivity contribution is -0.115. The first-order valence-electron chi connectivity index (χ1n) is 6.65. The second-order valence-corrected chi connectivity index (χ2v) is 4.93. The molecule has 0 spiro atoms. The molecule has 1 amide bonds. The van der Waals surface area contributed by atoms with Gasteiger partial charge in [-0.1, -0.05) is 29.8 Å². The summed E-state index contributed by atoms with van der Waals surface area (Å²) in [7, 11) is 0. The minimum atomic E-state index is -0.505. The maximum Gasteiger partial charge on any atom is 0.243 e. The second-order valence-electron chi connectivity index (χ2n) is 4.53. The number of amides is 1. The number of para-hydroxylation sites is 1. The first kappa shape index (κ1) is 15.3. The Kier molecular flexibility index (Phi) is 5.17. The Morgan fingerprint density at radius 3 is 2.57 bits per heavy atom. The summed E-state index contributed by atoms with van der Waals surface area (Å²) in [6.07, 6.45) is 0. The lowest BCUT2D eigenvalue weighted by Gasteiger charge is -2.22. The van der Waals surface area contributed by atoms with Gasteiger partial charge < -0.3 is 10.2 Å². The van der Waals surface area contributed by atoms with E-state index in [4.69, 9.17) is 11.6 Å². The molecule has 0 aliphatic carbocycles. The molecule has 0 atom stereocenters. The van der Waals surface area contributed by atoms with Crippen LogP contribution >= 0.6 is 11.6 Å². The molecule has 0 saturated heterocycles. The first-order valence-corrected chi connectivity index (χ1v) is 7.03. The van der Waals surface area contributed by atoms with Gasteiger partial charge in [-0.25, -0.2) is 4.39 Å². The van der Waals surface area contributed by atoms with E-state index in [1.165, 1.54) is 18.2 Å². The van der Waals surface area contributed by atoms with E-state index in [2.05, 4.69) is 5.32 Å². The topological polar surface area (TPSA) is 32.3 Å². The lowest BCUT2D eigenvalue weighted by atomic mass is 10.2. The van der Waals surface area contributed by atoms with Crippen LogP contribution < -0.4 is 10.2 Å². The van der Waals surface area contributed by atoms with Crippen LogP contribution in [-0.2, 0) is 4.79 Å². The molecule has 0 aliphatic heterocycles. The summed E-state index contributed by atoms with van der Waals surface area (Å²) in [5.41, 5.74) is 1.46. The van der Waals surface area contributed by atoms with Crippen LogP contribution in [0.2, 0.25) is 5.02 Å². The number of carbonyl (C=O) groups excluding carboxylic acids is 1. The van der Waals surface area contributed by atoms with Crippen LogP contribution in [-0.4, -0.2) is 19.0 Å². The number of likely N-dealkylation sites (N-methyl/N-ethyl adjacent to an activating group) is 1. The smallest absolute Gasteiger partial charge is 0.243 e. The van der Waals surface area contributed by atoms with E-state index >= 15 is 0 Å². The Morgan fingerprint density at radius 1 is 1.24 bits per heavy atom. The number of halogens is 2. The SMILES string of the molecule is CCN(CC(=O)Nc1ccc(F)c(Cl)c1)c1ccccc1. The summed E-state index contributed by atoms with van der Waals surface area (Å²) < 4.78 is 13.1. The highest BCUT2D eigenvalue weighted by Crippen LogP contribution is 2.19. The molecule has 2 aromatic carbocycles. The van der Waals surface area contributed by atoms with Gasteiger partial charge in [-0.15, -0.1) is 0 Å². The zero-order chi connectivity index (χ0) is 15.2. The van der Waals surface area contributed by atoms with E-state index in [0.717, 1.165) is 5.69 Å². The molecular weight excluding hydrogens is 291 g/mol. The predicted octanol–water partition coefficient (Wildman–Crippen LogP) is 3.94. The number of rotatable bonds is 5. The van der Waals surface area contributed by atoms with Crippen molar-refractivity contribution in [3.8, 4) is 0 Å². The fourth-order valence-corrected chi connectivity index (χ4v) is 2.15. The fraction of sp³-hybridized carbons (Fsp3) is 0.188. The molecule has 2 aromatic rings. The first-order chi connectivity index (χ1) is 10.1. The van der Waals surface area contributed by atoms with Gasteiger partial charge in [-0.2, -0.15) is 0 Å². The molecular formula is C16H16ClFN2O. The van der Waals surface area contributed by atoms with Crippen LogP contribution in [0.15, 0.2) is 48.5 Å². The number of nitrogens with zero attached hydrogens (tertiary/aromatic N) is 1. The Morgan fingerprint density at radius 2 is 1.95 bits per heavy atom. The molecule has 0 radical (unpaired) electrons. The highest BCUT2D eigenvalue weighted by Gasteiger charge is 2.10. The summed E-state index contributed by atoms with van der Waals surface area (Å²) in [6.45, 7) is 2.91. The van der Waals surface area contributed by atoms with Crippen LogP contribution in [0.4, 0.5) is 15.8 Å². The zero-order valence-corrected chi connectivity index (χ0v) is 12.4. The van der Waals surface area contributed by atoms with Gasteiger partial charge in [0, 0.05) is 17.9 Å². The molecule has 110 valence electrons. The van der Waals surface area contributed by atoms with E-state index in [0.29, 0.717) is 12.2 Å². The molecule has 3 nitrogen and oxygen atoms in total. The Balaban J connectivity index is 2.01. The second kappa shape index (κ2) is 7.09. The van der Waals surface area contributed by atoms with Crippen molar-refractivity contribution < 1.29 is 9.18 Å². The summed E-state index contributed by atoms with van der Waals surface area (Å²) in [6, 6.07) is 13.8. The third-order valence-corrected chi connectivity index (χ3v) is 3.33. The van der Waals surface area contributed by atoms with Gasteiger partial charge in [0.05, 0.1) is 11.6 Å². The van der Waals surface area contributed by atoms with Gasteiger partial charge in [0.15, 0.2) is 0 Å². The minimum absolute atomic E-state index is 0.0109. The number of hydrogen-bond donors (Lipinski definition) is 1. The minimum Gasteiger partial charge on any atom is -0.362 e. The zero-order valence-electron chi connectivity index (χ0n) is 11.6. The third-order valence-electron chi connectivity index (χ3n) is 3.04. The summed E-state index contributed by atoms with van der Waals surface area (Å²) in [5.74, 6) is -0.683. The van der Waals surface area contributed by atoms with Gasteiger partial charge in [0.2, 0.25) is 5.91 Å². The molecule has 0 saturated carbocycles. The fourth-order valence-electron chi connectivity index (χ4n) is 1.97. The lowest BCUT2D eigenvalue weighted by Crippen LogP contribution is -2.33. The number of anilines is 2.